The van der Waals surface area contributed by atoms with Crippen LogP contribution in [0.3, 0.4) is 0 Å². The molecule has 0 N–H and O–H groups in total. The summed E-state index contributed by atoms with van der Waals surface area (Å²) in [4.78, 5) is 10.4. The highest BCUT2D eigenvalue weighted by Gasteiger charge is 1.98. The zero-order valence-electron chi connectivity index (χ0n) is 8.67. The van der Waals surface area contributed by atoms with Crippen LogP contribution in [0, 0.1) is 0 Å². The maximum Gasteiger partial charge on any atom is 0.302 e. The average Bonchev–Trinajstić information content (AvgIpc) is 2.19. The van der Waals surface area contributed by atoms with Crippen LogP contribution in [0.5, 0.6) is 0 Å². The van der Waals surface area contributed by atoms with Crippen molar-refractivity contribution in [2.24, 2.45) is 0 Å². The molecular formula is C11H18O2. The van der Waals surface area contributed by atoms with Crippen LogP contribution < -0.4 is 0 Å². The summed E-state index contributed by atoms with van der Waals surface area (Å²) in [6.45, 7) is 5.85. The van der Waals surface area contributed by atoms with E-state index in [-0.39, 0.29) is 5.97 Å². The summed E-state index contributed by atoms with van der Waals surface area (Å²) in [5, 5.41) is 0. The van der Waals surface area contributed by atoms with Gasteiger partial charge in [0.2, 0.25) is 0 Å². The summed E-state index contributed by atoms with van der Waals surface area (Å²) in [5.41, 5.74) is 1.10. The summed E-state index contributed by atoms with van der Waals surface area (Å²) in [7, 11) is 0. The van der Waals surface area contributed by atoms with E-state index in [1.54, 1.807) is 0 Å². The number of hydrogen-bond acceptors (Lipinski definition) is 2. The van der Waals surface area contributed by atoms with Crippen molar-refractivity contribution >= 4 is 5.97 Å². The third kappa shape index (κ3) is 6.14. The van der Waals surface area contributed by atoms with E-state index in [0.717, 1.165) is 18.4 Å². The number of esters is 1. The average molecular weight is 182 g/mol. The minimum absolute atomic E-state index is 0.218. The zero-order valence-corrected chi connectivity index (χ0v) is 8.67. The molecule has 0 heterocycles. The topological polar surface area (TPSA) is 26.3 Å². The van der Waals surface area contributed by atoms with Crippen molar-refractivity contribution in [2.45, 2.75) is 33.6 Å². The van der Waals surface area contributed by atoms with Crippen molar-refractivity contribution in [2.75, 3.05) is 6.61 Å². The number of hydrogen-bond donors (Lipinski definition) is 0. The number of carbonyl (C=O) groups excluding carboxylic acids is 1. The Morgan fingerprint density at radius 1 is 1.46 bits per heavy atom. The molecule has 0 amide bonds. The van der Waals surface area contributed by atoms with Crippen molar-refractivity contribution in [1.82, 2.24) is 0 Å². The predicted molar refractivity (Wildman–Crippen MR) is 54.4 cm³/mol. The molecule has 0 atom stereocenters. The van der Waals surface area contributed by atoms with Crippen molar-refractivity contribution in [3.8, 4) is 0 Å². The molecule has 1 rings (SSSR count). The van der Waals surface area contributed by atoms with E-state index in [1.165, 1.54) is 6.92 Å². The summed E-state index contributed by atoms with van der Waals surface area (Å²) < 4.78 is 4.82. The molecule has 2 heteroatoms. The molecule has 1 aliphatic rings. The Morgan fingerprint density at radius 3 is 2.62 bits per heavy atom. The molecule has 13 heavy (non-hydrogen) atoms. The summed E-state index contributed by atoms with van der Waals surface area (Å²) in [6.07, 6.45) is 8.37. The molecule has 0 saturated carbocycles. The highest BCUT2D eigenvalue weighted by Crippen LogP contribution is 2.09. The second-order valence-electron chi connectivity index (χ2n) is 2.54. The third-order valence-corrected chi connectivity index (χ3v) is 1.51. The van der Waals surface area contributed by atoms with Gasteiger partial charge in [0.05, 0.1) is 0 Å². The first-order chi connectivity index (χ1) is 6.29. The summed E-state index contributed by atoms with van der Waals surface area (Å²) in [6, 6.07) is 0. The molecule has 0 aromatic rings. The van der Waals surface area contributed by atoms with Crippen LogP contribution >= 0.6 is 0 Å². The number of ether oxygens (including phenoxy) is 1. The first-order valence-corrected chi connectivity index (χ1v) is 4.78. The Kier molecular flexibility index (Phi) is 6.98. The van der Waals surface area contributed by atoms with Crippen LogP contribution in [-0.2, 0) is 9.53 Å². The first-order valence-electron chi connectivity index (χ1n) is 4.78. The molecule has 0 fully saturated rings. The molecule has 0 aromatic carbocycles. The lowest BCUT2D eigenvalue weighted by Gasteiger charge is -2.05. The lowest BCUT2D eigenvalue weighted by atomic mass is 10.1. The maximum absolute atomic E-state index is 10.4. The van der Waals surface area contributed by atoms with E-state index in [0.29, 0.717) is 6.61 Å². The standard InChI is InChI=1S/C9H12O2.C2H6/c1-8(10)11-7-9-5-3-2-4-6-9;1-2/h3,5-6H,2,4,7H2,1H3;1-2H3. The van der Waals surface area contributed by atoms with E-state index in [4.69, 9.17) is 4.74 Å². The van der Waals surface area contributed by atoms with Gasteiger partial charge in [-0.2, -0.15) is 0 Å². The van der Waals surface area contributed by atoms with Crippen LogP contribution in [0.15, 0.2) is 23.8 Å². The van der Waals surface area contributed by atoms with Gasteiger partial charge in [-0.05, 0) is 18.4 Å². The minimum Gasteiger partial charge on any atom is -0.461 e. The molecule has 1 aliphatic carbocycles. The van der Waals surface area contributed by atoms with Crippen LogP contribution in [0.1, 0.15) is 33.6 Å². The van der Waals surface area contributed by atoms with Gasteiger partial charge >= 0.3 is 5.97 Å². The summed E-state index contributed by atoms with van der Waals surface area (Å²) in [5.74, 6) is -0.218. The predicted octanol–water partition coefficient (Wildman–Crippen LogP) is 2.85. The van der Waals surface area contributed by atoms with E-state index < -0.39 is 0 Å². The van der Waals surface area contributed by atoms with Gasteiger partial charge < -0.3 is 4.74 Å². The molecule has 0 aromatic heterocycles. The Morgan fingerprint density at radius 2 is 2.15 bits per heavy atom. The quantitative estimate of drug-likeness (QED) is 0.614. The fraction of sp³-hybridized carbons (Fsp3) is 0.545. The van der Waals surface area contributed by atoms with Gasteiger partial charge in [0, 0.05) is 6.92 Å². The van der Waals surface area contributed by atoms with Gasteiger partial charge in [-0.1, -0.05) is 32.1 Å². The van der Waals surface area contributed by atoms with Crippen molar-refractivity contribution in [1.29, 1.82) is 0 Å². The van der Waals surface area contributed by atoms with Crippen LogP contribution in [0.4, 0.5) is 0 Å². The molecule has 0 radical (unpaired) electrons. The van der Waals surface area contributed by atoms with E-state index in [2.05, 4.69) is 12.2 Å². The minimum atomic E-state index is -0.218. The van der Waals surface area contributed by atoms with Crippen LogP contribution in [0.25, 0.3) is 0 Å². The first kappa shape index (κ1) is 11.9. The van der Waals surface area contributed by atoms with Gasteiger partial charge in [0.1, 0.15) is 6.61 Å². The van der Waals surface area contributed by atoms with Crippen molar-refractivity contribution in [3.05, 3.63) is 23.8 Å². The van der Waals surface area contributed by atoms with Crippen molar-refractivity contribution in [3.63, 3.8) is 0 Å². The smallest absolute Gasteiger partial charge is 0.302 e. The highest BCUT2D eigenvalue weighted by atomic mass is 16.5. The van der Waals surface area contributed by atoms with Gasteiger partial charge in [0.15, 0.2) is 0 Å². The second kappa shape index (κ2) is 7.59. The van der Waals surface area contributed by atoms with Gasteiger partial charge in [-0.25, -0.2) is 0 Å². The third-order valence-electron chi connectivity index (χ3n) is 1.51. The fourth-order valence-corrected chi connectivity index (χ4v) is 0.960. The Labute approximate surface area is 80.3 Å². The monoisotopic (exact) mass is 182 g/mol. The van der Waals surface area contributed by atoms with Crippen LogP contribution in [-0.4, -0.2) is 12.6 Å². The van der Waals surface area contributed by atoms with Gasteiger partial charge in [-0.15, -0.1) is 0 Å². The second-order valence-corrected chi connectivity index (χ2v) is 2.54. The lowest BCUT2D eigenvalue weighted by Crippen LogP contribution is -2.02. The zero-order chi connectivity index (χ0) is 10.1. The lowest BCUT2D eigenvalue weighted by molar-refractivity contribution is -0.139. The molecule has 0 saturated heterocycles. The fourth-order valence-electron chi connectivity index (χ4n) is 0.960. The maximum atomic E-state index is 10.4. The van der Waals surface area contributed by atoms with Gasteiger partial charge in [0.25, 0.3) is 0 Å². The largest absolute Gasteiger partial charge is 0.461 e. The van der Waals surface area contributed by atoms with Crippen molar-refractivity contribution < 1.29 is 9.53 Å². The highest BCUT2D eigenvalue weighted by molar-refractivity contribution is 5.66. The van der Waals surface area contributed by atoms with E-state index in [9.17, 15) is 4.79 Å². The SMILES string of the molecule is CC.CC(=O)OCC1=CCCC=C1. The number of allylic oxidation sites excluding steroid dienone is 2. The number of rotatable bonds is 2. The normalized spacial score (nSPS) is 13.9. The Hall–Kier alpha value is -1.05. The molecule has 0 aliphatic heterocycles. The molecule has 2 nitrogen and oxygen atoms in total. The molecule has 74 valence electrons. The van der Waals surface area contributed by atoms with Crippen LogP contribution in [0.2, 0.25) is 0 Å². The Bertz CT molecular complexity index is 202. The Balaban J connectivity index is 0.000000671. The summed E-state index contributed by atoms with van der Waals surface area (Å²) >= 11 is 0. The van der Waals surface area contributed by atoms with Gasteiger partial charge in [-0.3, -0.25) is 4.79 Å². The molecule has 0 spiro atoms. The number of carbonyl (C=O) groups is 1. The van der Waals surface area contributed by atoms with E-state index >= 15 is 0 Å². The molecule has 0 unspecified atom stereocenters. The van der Waals surface area contributed by atoms with E-state index in [1.807, 2.05) is 19.9 Å². The molecular weight excluding hydrogens is 164 g/mol. The molecule has 0 bridgehead atoms.